The molecule has 0 radical (unpaired) electrons. The zero-order valence-electron chi connectivity index (χ0n) is 19.4. The van der Waals surface area contributed by atoms with Crippen molar-refractivity contribution in [2.45, 2.75) is 24.5 Å². The molecule has 184 valence electrons. The molecular formula is C26H28N2O6S. The van der Waals surface area contributed by atoms with Crippen LogP contribution in [0.1, 0.15) is 12.5 Å². The Morgan fingerprint density at radius 2 is 1.57 bits per heavy atom. The molecule has 1 atom stereocenters. The number of nitrogens with one attached hydrogen (secondary N) is 1. The van der Waals surface area contributed by atoms with E-state index in [-0.39, 0.29) is 10.8 Å². The van der Waals surface area contributed by atoms with Gasteiger partial charge in [0.1, 0.15) is 18.1 Å². The number of anilines is 1. The molecule has 1 fully saturated rings. The lowest BCUT2D eigenvalue weighted by molar-refractivity contribution is -0.122. The molecule has 3 aromatic carbocycles. The molecule has 0 aromatic heterocycles. The van der Waals surface area contributed by atoms with E-state index in [1.54, 1.807) is 43.3 Å². The highest BCUT2D eigenvalue weighted by atomic mass is 32.2. The number of morpholine rings is 1. The molecule has 1 aliphatic rings. The van der Waals surface area contributed by atoms with Gasteiger partial charge in [-0.15, -0.1) is 0 Å². The molecule has 1 N–H and O–H groups in total. The Labute approximate surface area is 205 Å². The fourth-order valence-corrected chi connectivity index (χ4v) is 4.91. The van der Waals surface area contributed by atoms with Crippen LogP contribution in [0.4, 0.5) is 5.69 Å². The summed E-state index contributed by atoms with van der Waals surface area (Å²) >= 11 is 0. The second-order valence-corrected chi connectivity index (χ2v) is 9.97. The zero-order chi connectivity index (χ0) is 24.7. The van der Waals surface area contributed by atoms with Crippen molar-refractivity contribution in [2.24, 2.45) is 0 Å². The van der Waals surface area contributed by atoms with Crippen LogP contribution in [0.2, 0.25) is 0 Å². The van der Waals surface area contributed by atoms with Crippen molar-refractivity contribution < 1.29 is 27.4 Å². The van der Waals surface area contributed by atoms with E-state index >= 15 is 0 Å². The highest BCUT2D eigenvalue weighted by molar-refractivity contribution is 7.89. The minimum atomic E-state index is -3.58. The van der Waals surface area contributed by atoms with Crippen molar-refractivity contribution in [3.63, 3.8) is 0 Å². The molecule has 1 heterocycles. The molecule has 0 aliphatic carbocycles. The van der Waals surface area contributed by atoms with Crippen molar-refractivity contribution in [3.05, 3.63) is 84.4 Å². The molecule has 1 aliphatic heterocycles. The number of nitrogens with zero attached hydrogens (tertiary/aromatic N) is 1. The first-order valence-corrected chi connectivity index (χ1v) is 12.8. The summed E-state index contributed by atoms with van der Waals surface area (Å²) in [6.07, 6.45) is -0.786. The van der Waals surface area contributed by atoms with Gasteiger partial charge in [-0.1, -0.05) is 30.3 Å². The number of carbonyl (C=O) groups is 1. The molecular weight excluding hydrogens is 468 g/mol. The minimum Gasteiger partial charge on any atom is -0.489 e. The molecule has 4 rings (SSSR count). The number of amides is 1. The van der Waals surface area contributed by atoms with Crippen LogP contribution < -0.4 is 14.8 Å². The van der Waals surface area contributed by atoms with E-state index in [0.29, 0.717) is 50.1 Å². The van der Waals surface area contributed by atoms with E-state index in [4.69, 9.17) is 14.2 Å². The van der Waals surface area contributed by atoms with Gasteiger partial charge in [-0.05, 0) is 61.0 Å². The third-order valence-corrected chi connectivity index (χ3v) is 7.40. The smallest absolute Gasteiger partial charge is 0.265 e. The number of hydrogen-bond acceptors (Lipinski definition) is 6. The Kier molecular flexibility index (Phi) is 8.02. The van der Waals surface area contributed by atoms with Crippen LogP contribution in [-0.4, -0.2) is 51.0 Å². The third-order valence-electron chi connectivity index (χ3n) is 5.48. The number of ether oxygens (including phenoxy) is 3. The number of rotatable bonds is 9. The van der Waals surface area contributed by atoms with E-state index in [2.05, 4.69) is 5.32 Å². The van der Waals surface area contributed by atoms with Crippen LogP contribution in [0.3, 0.4) is 0 Å². The lowest BCUT2D eigenvalue weighted by Gasteiger charge is -2.26. The van der Waals surface area contributed by atoms with Gasteiger partial charge in [0, 0.05) is 18.8 Å². The minimum absolute atomic E-state index is 0.179. The second-order valence-electron chi connectivity index (χ2n) is 8.04. The first-order chi connectivity index (χ1) is 16.9. The van der Waals surface area contributed by atoms with E-state index in [1.165, 1.54) is 16.4 Å². The predicted molar refractivity (Wildman–Crippen MR) is 132 cm³/mol. The van der Waals surface area contributed by atoms with Crippen molar-refractivity contribution in [3.8, 4) is 11.5 Å². The molecule has 0 unspecified atom stereocenters. The van der Waals surface area contributed by atoms with Crippen LogP contribution >= 0.6 is 0 Å². The molecule has 35 heavy (non-hydrogen) atoms. The lowest BCUT2D eigenvalue weighted by Crippen LogP contribution is -2.40. The maximum atomic E-state index is 12.7. The summed E-state index contributed by atoms with van der Waals surface area (Å²) in [5, 5.41) is 2.81. The average Bonchev–Trinajstić information content (AvgIpc) is 2.89. The summed E-state index contributed by atoms with van der Waals surface area (Å²) in [5.74, 6) is 0.773. The first kappa shape index (κ1) is 24.7. The standard InChI is InChI=1S/C26H28N2O6S/c1-20(34-24-11-13-25(14-12-24)35(30,31)28-15-17-32-18-16-28)26(29)27-22-7-9-23(10-8-22)33-19-21-5-3-2-4-6-21/h2-14,20H,15-19H2,1H3,(H,27,29)/t20-/m0/s1. The van der Waals surface area contributed by atoms with Gasteiger partial charge in [0.05, 0.1) is 18.1 Å². The normalized spacial score (nSPS) is 15.2. The van der Waals surface area contributed by atoms with E-state index in [1.807, 2.05) is 30.3 Å². The van der Waals surface area contributed by atoms with Crippen LogP contribution in [0.5, 0.6) is 11.5 Å². The Bertz CT molecular complexity index is 1210. The van der Waals surface area contributed by atoms with Gasteiger partial charge in [-0.2, -0.15) is 4.31 Å². The van der Waals surface area contributed by atoms with Gasteiger partial charge < -0.3 is 19.5 Å². The molecule has 0 spiro atoms. The Morgan fingerprint density at radius 3 is 2.23 bits per heavy atom. The van der Waals surface area contributed by atoms with Crippen LogP contribution in [0, 0.1) is 0 Å². The van der Waals surface area contributed by atoms with Gasteiger partial charge in [-0.3, -0.25) is 4.79 Å². The monoisotopic (exact) mass is 496 g/mol. The van der Waals surface area contributed by atoms with E-state index < -0.39 is 16.1 Å². The maximum Gasteiger partial charge on any atom is 0.265 e. The van der Waals surface area contributed by atoms with Crippen LogP contribution in [-0.2, 0) is 26.2 Å². The average molecular weight is 497 g/mol. The van der Waals surface area contributed by atoms with Crippen molar-refractivity contribution in [1.82, 2.24) is 4.31 Å². The number of carbonyl (C=O) groups excluding carboxylic acids is 1. The summed E-state index contributed by atoms with van der Waals surface area (Å²) in [4.78, 5) is 12.7. The molecule has 0 saturated carbocycles. The maximum absolute atomic E-state index is 12.7. The van der Waals surface area contributed by atoms with Crippen LogP contribution in [0.15, 0.2) is 83.8 Å². The Balaban J connectivity index is 1.28. The quantitative estimate of drug-likeness (QED) is 0.486. The SMILES string of the molecule is C[C@H](Oc1ccc(S(=O)(=O)N2CCOCC2)cc1)C(=O)Nc1ccc(OCc2ccccc2)cc1. The van der Waals surface area contributed by atoms with Gasteiger partial charge in [0.15, 0.2) is 6.10 Å². The first-order valence-electron chi connectivity index (χ1n) is 11.3. The van der Waals surface area contributed by atoms with Gasteiger partial charge in [0.25, 0.3) is 5.91 Å². The topological polar surface area (TPSA) is 94.2 Å². The molecule has 1 saturated heterocycles. The molecule has 8 nitrogen and oxygen atoms in total. The summed E-state index contributed by atoms with van der Waals surface area (Å²) in [7, 11) is -3.58. The van der Waals surface area contributed by atoms with Crippen LogP contribution in [0.25, 0.3) is 0 Å². The summed E-state index contributed by atoms with van der Waals surface area (Å²) in [6.45, 7) is 3.53. The second kappa shape index (κ2) is 11.4. The largest absolute Gasteiger partial charge is 0.489 e. The number of hydrogen-bond donors (Lipinski definition) is 1. The van der Waals surface area contributed by atoms with Gasteiger partial charge >= 0.3 is 0 Å². The fraction of sp³-hybridized carbons (Fsp3) is 0.269. The predicted octanol–water partition coefficient (Wildman–Crippen LogP) is 3.69. The summed E-state index contributed by atoms with van der Waals surface area (Å²) in [6, 6.07) is 23.0. The highest BCUT2D eigenvalue weighted by Crippen LogP contribution is 2.22. The number of benzene rings is 3. The zero-order valence-corrected chi connectivity index (χ0v) is 20.2. The van der Waals surface area contributed by atoms with E-state index in [0.717, 1.165) is 5.56 Å². The molecule has 9 heteroatoms. The summed E-state index contributed by atoms with van der Waals surface area (Å²) < 4.78 is 43.5. The molecule has 3 aromatic rings. The third kappa shape index (κ3) is 6.60. The van der Waals surface area contributed by atoms with Crippen molar-refractivity contribution in [2.75, 3.05) is 31.6 Å². The van der Waals surface area contributed by atoms with Gasteiger partial charge in [-0.25, -0.2) is 8.42 Å². The lowest BCUT2D eigenvalue weighted by atomic mass is 10.2. The summed E-state index contributed by atoms with van der Waals surface area (Å²) in [5.41, 5.74) is 1.69. The highest BCUT2D eigenvalue weighted by Gasteiger charge is 2.26. The van der Waals surface area contributed by atoms with E-state index in [9.17, 15) is 13.2 Å². The Hall–Kier alpha value is -3.40. The molecule has 1 amide bonds. The Morgan fingerprint density at radius 1 is 0.943 bits per heavy atom. The number of sulfonamides is 1. The fourth-order valence-electron chi connectivity index (χ4n) is 3.50. The molecule has 0 bridgehead atoms. The van der Waals surface area contributed by atoms with Crippen molar-refractivity contribution >= 4 is 21.6 Å². The van der Waals surface area contributed by atoms with Gasteiger partial charge in [0.2, 0.25) is 10.0 Å². The van der Waals surface area contributed by atoms with Crippen molar-refractivity contribution in [1.29, 1.82) is 0 Å².